The molecule has 144 valence electrons. The second kappa shape index (κ2) is 5.84. The first-order chi connectivity index (χ1) is 13.4. The molecule has 0 N–H and O–H groups in total. The van der Waals surface area contributed by atoms with Crippen LogP contribution in [0, 0.1) is 0 Å². The molecule has 5 nitrogen and oxygen atoms in total. The Hall–Kier alpha value is -2.82. The number of carbonyl (C=O) groups excluding carboxylic acids is 1. The molecule has 0 saturated carbocycles. The highest BCUT2D eigenvalue weighted by atomic mass is 16.7. The van der Waals surface area contributed by atoms with E-state index < -0.39 is 0 Å². The molecule has 5 heteroatoms. The van der Waals surface area contributed by atoms with E-state index in [-0.39, 0.29) is 18.2 Å². The molecule has 1 amide bonds. The van der Waals surface area contributed by atoms with Gasteiger partial charge in [0.05, 0.1) is 11.4 Å². The first kappa shape index (κ1) is 17.3. The van der Waals surface area contributed by atoms with Gasteiger partial charge in [0.2, 0.25) is 6.79 Å². The van der Waals surface area contributed by atoms with Crippen LogP contribution < -0.4 is 14.4 Å². The van der Waals surface area contributed by atoms with E-state index in [0.717, 1.165) is 24.1 Å². The van der Waals surface area contributed by atoms with Crippen molar-refractivity contribution in [3.8, 4) is 11.5 Å². The van der Waals surface area contributed by atoms with Gasteiger partial charge in [0.15, 0.2) is 11.5 Å². The van der Waals surface area contributed by atoms with Crippen LogP contribution in [0.3, 0.4) is 0 Å². The largest absolute Gasteiger partial charge is 0.454 e. The number of carbonyl (C=O) groups is 1. The summed E-state index contributed by atoms with van der Waals surface area (Å²) >= 11 is 0. The van der Waals surface area contributed by atoms with Gasteiger partial charge in [-0.25, -0.2) is 4.99 Å². The number of rotatable bonds is 2. The zero-order valence-corrected chi connectivity index (χ0v) is 16.7. The molecule has 3 aliphatic rings. The molecule has 2 aromatic carbocycles. The summed E-state index contributed by atoms with van der Waals surface area (Å²) in [5, 5.41) is 0. The van der Waals surface area contributed by atoms with Crippen LogP contribution in [0.4, 0.5) is 11.4 Å². The van der Waals surface area contributed by atoms with Crippen molar-refractivity contribution in [2.75, 3.05) is 11.7 Å². The van der Waals surface area contributed by atoms with Crippen LogP contribution >= 0.6 is 0 Å². The fourth-order valence-corrected chi connectivity index (χ4v) is 4.77. The average Bonchev–Trinajstić information content (AvgIpc) is 3.22. The summed E-state index contributed by atoms with van der Waals surface area (Å²) in [6.07, 6.45) is 1.87. The van der Waals surface area contributed by atoms with Crippen molar-refractivity contribution in [1.29, 1.82) is 0 Å². The van der Waals surface area contributed by atoms with Gasteiger partial charge >= 0.3 is 0 Å². The Morgan fingerprint density at radius 2 is 1.96 bits per heavy atom. The van der Waals surface area contributed by atoms with E-state index in [0.29, 0.717) is 28.8 Å². The minimum absolute atomic E-state index is 0.0148. The average molecular weight is 376 g/mol. The van der Waals surface area contributed by atoms with E-state index >= 15 is 0 Å². The highest BCUT2D eigenvalue weighted by Crippen LogP contribution is 2.49. The molecular weight excluding hydrogens is 352 g/mol. The van der Waals surface area contributed by atoms with Crippen molar-refractivity contribution in [3.05, 3.63) is 47.0 Å². The topological polar surface area (TPSA) is 51.1 Å². The maximum atomic E-state index is 13.5. The summed E-state index contributed by atoms with van der Waals surface area (Å²) in [6.45, 7) is 8.91. The fraction of sp³-hybridized carbons (Fsp3) is 0.391. The Kier molecular flexibility index (Phi) is 3.60. The molecule has 1 atom stereocenters. The molecule has 5 rings (SSSR count). The van der Waals surface area contributed by atoms with Crippen molar-refractivity contribution >= 4 is 23.0 Å². The lowest BCUT2D eigenvalue weighted by Crippen LogP contribution is -2.50. The van der Waals surface area contributed by atoms with E-state index in [1.165, 1.54) is 11.1 Å². The maximum absolute atomic E-state index is 13.5. The van der Waals surface area contributed by atoms with E-state index in [4.69, 9.17) is 14.5 Å². The third-order valence-corrected chi connectivity index (χ3v) is 6.03. The van der Waals surface area contributed by atoms with Crippen LogP contribution in [0.1, 0.15) is 56.7 Å². The first-order valence-electron chi connectivity index (χ1n) is 9.89. The number of ether oxygens (including phenoxy) is 2. The number of hydrogen-bond donors (Lipinski definition) is 0. The summed E-state index contributed by atoms with van der Waals surface area (Å²) in [4.78, 5) is 20.2. The van der Waals surface area contributed by atoms with Gasteiger partial charge in [-0.15, -0.1) is 0 Å². The predicted molar refractivity (Wildman–Crippen MR) is 109 cm³/mol. The SMILES string of the molecule is CCc1cc2c3c(c1)C(C)CC(C)(C)N3C(=O)C2=Nc1ccc2c(c1)OCO2. The molecule has 3 heterocycles. The van der Waals surface area contributed by atoms with Crippen LogP contribution in [0.5, 0.6) is 11.5 Å². The van der Waals surface area contributed by atoms with Gasteiger partial charge in [-0.3, -0.25) is 4.79 Å². The quantitative estimate of drug-likeness (QED) is 0.761. The van der Waals surface area contributed by atoms with Gasteiger partial charge in [-0.05, 0) is 61.9 Å². The summed E-state index contributed by atoms with van der Waals surface area (Å²) < 4.78 is 10.9. The Balaban J connectivity index is 1.71. The fourth-order valence-electron chi connectivity index (χ4n) is 4.77. The molecule has 0 aliphatic carbocycles. The molecule has 3 aliphatic heterocycles. The lowest BCUT2D eigenvalue weighted by Gasteiger charge is -2.43. The van der Waals surface area contributed by atoms with E-state index in [1.807, 2.05) is 23.1 Å². The number of aryl methyl sites for hydroxylation is 1. The zero-order valence-electron chi connectivity index (χ0n) is 16.7. The number of amides is 1. The highest BCUT2D eigenvalue weighted by Gasteiger charge is 2.48. The molecule has 0 fully saturated rings. The molecule has 1 unspecified atom stereocenters. The van der Waals surface area contributed by atoms with Gasteiger partial charge in [0, 0.05) is 17.2 Å². The van der Waals surface area contributed by atoms with Crippen molar-refractivity contribution in [1.82, 2.24) is 0 Å². The van der Waals surface area contributed by atoms with Crippen molar-refractivity contribution in [3.63, 3.8) is 0 Å². The van der Waals surface area contributed by atoms with Gasteiger partial charge in [-0.2, -0.15) is 0 Å². The Morgan fingerprint density at radius 3 is 2.75 bits per heavy atom. The summed E-state index contributed by atoms with van der Waals surface area (Å²) in [5.74, 6) is 1.78. The number of nitrogens with zero attached hydrogens (tertiary/aromatic N) is 2. The van der Waals surface area contributed by atoms with Crippen LogP contribution in [0.25, 0.3) is 0 Å². The zero-order chi connectivity index (χ0) is 19.6. The number of anilines is 1. The second-order valence-electron chi connectivity index (χ2n) is 8.49. The number of hydrogen-bond acceptors (Lipinski definition) is 4. The van der Waals surface area contributed by atoms with E-state index in [9.17, 15) is 4.79 Å². The van der Waals surface area contributed by atoms with E-state index in [1.54, 1.807) is 0 Å². The van der Waals surface area contributed by atoms with E-state index in [2.05, 4.69) is 39.8 Å². The van der Waals surface area contributed by atoms with Crippen molar-refractivity contribution < 1.29 is 14.3 Å². The van der Waals surface area contributed by atoms with Crippen LogP contribution in [0.15, 0.2) is 35.3 Å². The smallest absolute Gasteiger partial charge is 0.278 e. The van der Waals surface area contributed by atoms with Crippen LogP contribution in [-0.4, -0.2) is 24.0 Å². The summed E-state index contributed by atoms with van der Waals surface area (Å²) in [6, 6.07) is 9.95. The second-order valence-corrected chi connectivity index (χ2v) is 8.49. The Labute approximate surface area is 165 Å². The number of fused-ring (bicyclic) bond motifs is 1. The van der Waals surface area contributed by atoms with Crippen LogP contribution in [-0.2, 0) is 11.2 Å². The normalized spacial score (nSPS) is 22.7. The van der Waals surface area contributed by atoms with Gasteiger partial charge in [-0.1, -0.05) is 19.9 Å². The molecule has 0 spiro atoms. The van der Waals surface area contributed by atoms with Crippen molar-refractivity contribution in [2.24, 2.45) is 4.99 Å². The third kappa shape index (κ3) is 2.38. The lowest BCUT2D eigenvalue weighted by atomic mass is 9.79. The third-order valence-electron chi connectivity index (χ3n) is 6.03. The molecule has 0 aromatic heterocycles. The Bertz CT molecular complexity index is 1040. The molecule has 2 aromatic rings. The maximum Gasteiger partial charge on any atom is 0.278 e. The number of aliphatic imine (C=N–C) groups is 1. The molecule has 28 heavy (non-hydrogen) atoms. The minimum atomic E-state index is -0.238. The van der Waals surface area contributed by atoms with Gasteiger partial charge in [0.25, 0.3) is 5.91 Å². The minimum Gasteiger partial charge on any atom is -0.454 e. The first-order valence-corrected chi connectivity index (χ1v) is 9.89. The molecule has 0 radical (unpaired) electrons. The van der Waals surface area contributed by atoms with Gasteiger partial charge < -0.3 is 14.4 Å². The predicted octanol–water partition coefficient (Wildman–Crippen LogP) is 4.73. The standard InChI is InChI=1S/C23H24N2O3/c1-5-14-8-16-13(2)11-23(3,4)25-21(16)17(9-14)20(22(25)26)24-15-6-7-18-19(10-15)28-12-27-18/h6-10,13H,5,11-12H2,1-4H3. The van der Waals surface area contributed by atoms with Crippen molar-refractivity contribution in [2.45, 2.75) is 52.0 Å². The molecular formula is C23H24N2O3. The monoisotopic (exact) mass is 376 g/mol. The highest BCUT2D eigenvalue weighted by molar-refractivity contribution is 6.55. The van der Waals surface area contributed by atoms with Gasteiger partial charge in [0.1, 0.15) is 5.71 Å². The van der Waals surface area contributed by atoms with Crippen LogP contribution in [0.2, 0.25) is 0 Å². The summed E-state index contributed by atoms with van der Waals surface area (Å²) in [5.41, 5.74) is 5.49. The lowest BCUT2D eigenvalue weighted by molar-refractivity contribution is -0.113. The Morgan fingerprint density at radius 1 is 1.18 bits per heavy atom. The number of benzene rings is 2. The summed E-state index contributed by atoms with van der Waals surface area (Å²) in [7, 11) is 0. The molecule has 0 bridgehead atoms. The molecule has 0 saturated heterocycles.